The Labute approximate surface area is 92.7 Å². The van der Waals surface area contributed by atoms with Gasteiger partial charge in [-0.2, -0.15) is 0 Å². The van der Waals surface area contributed by atoms with Gasteiger partial charge in [0.1, 0.15) is 0 Å². The van der Waals surface area contributed by atoms with Crippen molar-refractivity contribution in [1.82, 2.24) is 15.3 Å². The summed E-state index contributed by atoms with van der Waals surface area (Å²) in [5.74, 6) is 1.86. The number of hydrogen-bond donors (Lipinski definition) is 1. The maximum Gasteiger partial charge on any atom is 0.187 e. The van der Waals surface area contributed by atoms with E-state index in [-0.39, 0.29) is 0 Å². The van der Waals surface area contributed by atoms with Crippen LogP contribution >= 0.6 is 23.4 Å². The van der Waals surface area contributed by atoms with E-state index >= 15 is 0 Å². The third kappa shape index (κ3) is 2.83. The molecule has 5 heteroatoms. The Balaban J connectivity index is 1.82. The largest absolute Gasteiger partial charge is 0.316 e. The smallest absolute Gasteiger partial charge is 0.187 e. The molecule has 2 heterocycles. The van der Waals surface area contributed by atoms with E-state index in [0.717, 1.165) is 29.9 Å². The molecule has 0 radical (unpaired) electrons. The predicted octanol–water partition coefficient (Wildman–Crippen LogP) is 1.83. The molecule has 3 nitrogen and oxygen atoms in total. The lowest BCUT2D eigenvalue weighted by molar-refractivity contribution is 0.661. The molecule has 1 atom stereocenters. The third-order valence-electron chi connectivity index (χ3n) is 2.21. The molecule has 0 unspecified atom stereocenters. The lowest BCUT2D eigenvalue weighted by Crippen LogP contribution is -2.10. The van der Waals surface area contributed by atoms with Crippen LogP contribution in [0.4, 0.5) is 0 Å². The average Bonchev–Trinajstić information content (AvgIpc) is 2.70. The molecule has 0 spiro atoms. The van der Waals surface area contributed by atoms with Crippen molar-refractivity contribution in [2.75, 3.05) is 18.8 Å². The Kier molecular flexibility index (Phi) is 3.61. The van der Waals surface area contributed by atoms with Crippen molar-refractivity contribution in [1.29, 1.82) is 0 Å². The van der Waals surface area contributed by atoms with Gasteiger partial charge in [-0.15, -0.1) is 0 Å². The summed E-state index contributed by atoms with van der Waals surface area (Å²) in [5.41, 5.74) is 0. The zero-order chi connectivity index (χ0) is 9.80. The number of thioether (sulfide) groups is 1. The van der Waals surface area contributed by atoms with Crippen LogP contribution < -0.4 is 5.32 Å². The van der Waals surface area contributed by atoms with Gasteiger partial charge in [-0.05, 0) is 25.4 Å². The van der Waals surface area contributed by atoms with Gasteiger partial charge in [-0.3, -0.25) is 0 Å². The fourth-order valence-electron chi connectivity index (χ4n) is 1.42. The molecule has 1 N–H and O–H groups in total. The Bertz CT molecular complexity index is 285. The number of rotatable bonds is 3. The Morgan fingerprint density at radius 3 is 2.93 bits per heavy atom. The summed E-state index contributed by atoms with van der Waals surface area (Å²) >= 11 is 7.40. The monoisotopic (exact) mass is 229 g/mol. The summed E-state index contributed by atoms with van der Waals surface area (Å²) in [4.78, 5) is 8.28. The second kappa shape index (κ2) is 4.96. The average molecular weight is 230 g/mol. The van der Waals surface area contributed by atoms with E-state index in [9.17, 15) is 0 Å². The van der Waals surface area contributed by atoms with E-state index in [1.54, 1.807) is 24.2 Å². The van der Waals surface area contributed by atoms with E-state index < -0.39 is 0 Å². The minimum absolute atomic E-state index is 0.594. The summed E-state index contributed by atoms with van der Waals surface area (Å²) < 4.78 is 0. The Morgan fingerprint density at radius 2 is 2.29 bits per heavy atom. The molecule has 1 saturated heterocycles. The lowest BCUT2D eigenvalue weighted by atomic mass is 10.2. The number of nitrogens with zero attached hydrogens (tertiary/aromatic N) is 2. The van der Waals surface area contributed by atoms with Gasteiger partial charge in [0.2, 0.25) is 0 Å². The van der Waals surface area contributed by atoms with Crippen LogP contribution in [0.15, 0.2) is 17.6 Å². The zero-order valence-corrected chi connectivity index (χ0v) is 9.31. The van der Waals surface area contributed by atoms with Crippen molar-refractivity contribution in [2.24, 2.45) is 5.92 Å². The minimum atomic E-state index is 0.594. The number of halogens is 1. The van der Waals surface area contributed by atoms with Crippen molar-refractivity contribution in [3.05, 3.63) is 17.4 Å². The standard InChI is InChI=1S/C9H12ClN3S/c10-8-4-12-9(13-5-8)14-6-7-1-2-11-3-7/h4-5,7,11H,1-3,6H2/t7-/m0/s1. The van der Waals surface area contributed by atoms with Gasteiger partial charge in [0.05, 0.1) is 17.4 Å². The van der Waals surface area contributed by atoms with Gasteiger partial charge in [0.15, 0.2) is 5.16 Å². The molecule has 1 aliphatic rings. The van der Waals surface area contributed by atoms with Crippen LogP contribution in [0.2, 0.25) is 5.02 Å². The summed E-state index contributed by atoms with van der Waals surface area (Å²) in [6.07, 6.45) is 4.55. The van der Waals surface area contributed by atoms with E-state index in [1.807, 2.05) is 0 Å². The van der Waals surface area contributed by atoms with Crippen LogP contribution in [-0.2, 0) is 0 Å². The molecule has 14 heavy (non-hydrogen) atoms. The fraction of sp³-hybridized carbons (Fsp3) is 0.556. The highest BCUT2D eigenvalue weighted by Crippen LogP contribution is 2.20. The molecule has 0 saturated carbocycles. The van der Waals surface area contributed by atoms with Gasteiger partial charge < -0.3 is 5.32 Å². The molecular formula is C9H12ClN3S. The van der Waals surface area contributed by atoms with E-state index in [2.05, 4.69) is 15.3 Å². The van der Waals surface area contributed by atoms with Crippen LogP contribution in [-0.4, -0.2) is 28.8 Å². The van der Waals surface area contributed by atoms with Gasteiger partial charge in [-0.1, -0.05) is 23.4 Å². The molecule has 2 rings (SSSR count). The maximum atomic E-state index is 5.69. The van der Waals surface area contributed by atoms with Crippen molar-refractivity contribution in [2.45, 2.75) is 11.6 Å². The van der Waals surface area contributed by atoms with Gasteiger partial charge in [-0.25, -0.2) is 9.97 Å². The van der Waals surface area contributed by atoms with Crippen LogP contribution in [0.25, 0.3) is 0 Å². The van der Waals surface area contributed by atoms with Crippen molar-refractivity contribution in [3.63, 3.8) is 0 Å². The van der Waals surface area contributed by atoms with Crippen molar-refractivity contribution < 1.29 is 0 Å². The first kappa shape index (κ1) is 10.2. The molecule has 0 amide bonds. The first-order valence-corrected chi connectivity index (χ1v) is 6.02. The molecule has 1 fully saturated rings. The Morgan fingerprint density at radius 1 is 1.50 bits per heavy atom. The second-order valence-corrected chi connectivity index (χ2v) is 4.78. The number of nitrogens with one attached hydrogen (secondary N) is 1. The normalized spacial score (nSPS) is 21.4. The summed E-state index contributed by atoms with van der Waals surface area (Å²) in [6, 6.07) is 0. The molecule has 0 bridgehead atoms. The predicted molar refractivity (Wildman–Crippen MR) is 58.7 cm³/mol. The minimum Gasteiger partial charge on any atom is -0.316 e. The van der Waals surface area contributed by atoms with Crippen LogP contribution in [0.5, 0.6) is 0 Å². The van der Waals surface area contributed by atoms with Crippen molar-refractivity contribution in [3.8, 4) is 0 Å². The second-order valence-electron chi connectivity index (χ2n) is 3.35. The van der Waals surface area contributed by atoms with Crippen LogP contribution in [0, 0.1) is 5.92 Å². The van der Waals surface area contributed by atoms with E-state index in [0.29, 0.717) is 5.02 Å². The van der Waals surface area contributed by atoms with Gasteiger partial charge in [0, 0.05) is 5.75 Å². The highest BCUT2D eigenvalue weighted by atomic mass is 35.5. The van der Waals surface area contributed by atoms with E-state index in [4.69, 9.17) is 11.6 Å². The van der Waals surface area contributed by atoms with Crippen LogP contribution in [0.3, 0.4) is 0 Å². The highest BCUT2D eigenvalue weighted by molar-refractivity contribution is 7.99. The maximum absolute atomic E-state index is 5.69. The summed E-state index contributed by atoms with van der Waals surface area (Å²) in [6.45, 7) is 2.27. The lowest BCUT2D eigenvalue weighted by Gasteiger charge is -2.05. The van der Waals surface area contributed by atoms with E-state index in [1.165, 1.54) is 6.42 Å². The molecule has 1 aliphatic heterocycles. The summed E-state index contributed by atoms with van der Waals surface area (Å²) in [5, 5.41) is 4.76. The summed E-state index contributed by atoms with van der Waals surface area (Å²) in [7, 11) is 0. The van der Waals surface area contributed by atoms with Gasteiger partial charge >= 0.3 is 0 Å². The first-order valence-electron chi connectivity index (χ1n) is 4.65. The SMILES string of the molecule is Clc1cnc(SC[C@H]2CCNC2)nc1. The third-order valence-corrected chi connectivity index (χ3v) is 3.51. The first-order chi connectivity index (χ1) is 6.84. The molecule has 1 aromatic heterocycles. The molecule has 0 aromatic carbocycles. The molecular weight excluding hydrogens is 218 g/mol. The quantitative estimate of drug-likeness (QED) is 0.634. The molecule has 0 aliphatic carbocycles. The molecule has 76 valence electrons. The Hall–Kier alpha value is -0.320. The van der Waals surface area contributed by atoms with Crippen molar-refractivity contribution >= 4 is 23.4 Å². The molecule has 1 aromatic rings. The zero-order valence-electron chi connectivity index (χ0n) is 7.74. The highest BCUT2D eigenvalue weighted by Gasteiger charge is 2.14. The topological polar surface area (TPSA) is 37.8 Å². The van der Waals surface area contributed by atoms with Crippen LogP contribution in [0.1, 0.15) is 6.42 Å². The number of hydrogen-bond acceptors (Lipinski definition) is 4. The number of aromatic nitrogens is 2. The fourth-order valence-corrected chi connectivity index (χ4v) is 2.45. The van der Waals surface area contributed by atoms with Gasteiger partial charge in [0.25, 0.3) is 0 Å².